The Morgan fingerprint density at radius 1 is 1.38 bits per heavy atom. The fraction of sp³-hybridized carbons (Fsp3) is 0.182. The van der Waals surface area contributed by atoms with Crippen molar-refractivity contribution in [1.29, 1.82) is 0 Å². The molecule has 2 heterocycles. The molecule has 0 bridgehead atoms. The van der Waals surface area contributed by atoms with E-state index in [1.165, 1.54) is 12.3 Å². The zero-order chi connectivity index (χ0) is 11.8. The van der Waals surface area contributed by atoms with E-state index in [0.717, 1.165) is 12.2 Å². The molecule has 2 rings (SSSR count). The lowest BCUT2D eigenvalue weighted by Crippen LogP contribution is -1.97. The molecule has 2 aromatic heterocycles. The largest absolute Gasteiger partial charge is 0.477 e. The van der Waals surface area contributed by atoms with Crippen molar-refractivity contribution in [2.24, 2.45) is 0 Å². The van der Waals surface area contributed by atoms with Gasteiger partial charge in [-0.25, -0.2) is 14.8 Å². The van der Waals surface area contributed by atoms with E-state index in [9.17, 15) is 4.79 Å². The minimum Gasteiger partial charge on any atom is -0.477 e. The van der Waals surface area contributed by atoms with Crippen molar-refractivity contribution in [2.75, 3.05) is 0 Å². The maximum Gasteiger partial charge on any atom is 0.354 e. The van der Waals surface area contributed by atoms with Crippen molar-refractivity contribution >= 4 is 5.97 Å². The Hall–Kier alpha value is -2.17. The van der Waals surface area contributed by atoms with Crippen LogP contribution in [0.1, 0.15) is 23.2 Å². The number of H-pyrrole nitrogens is 1. The molecule has 0 atom stereocenters. The van der Waals surface area contributed by atoms with Gasteiger partial charge in [0.15, 0.2) is 0 Å². The van der Waals surface area contributed by atoms with Gasteiger partial charge in [-0.1, -0.05) is 13.0 Å². The van der Waals surface area contributed by atoms with Gasteiger partial charge in [-0.05, 0) is 12.1 Å². The molecule has 5 nitrogen and oxygen atoms in total. The molecule has 0 aliphatic rings. The Labute approximate surface area is 93.2 Å². The van der Waals surface area contributed by atoms with Gasteiger partial charge < -0.3 is 10.1 Å². The first kappa shape index (κ1) is 11.9. The lowest BCUT2D eigenvalue weighted by atomic mass is 10.4. The highest BCUT2D eigenvalue weighted by Crippen LogP contribution is 1.90. The number of hydrogen-bond acceptors (Lipinski definition) is 3. The molecule has 0 spiro atoms. The van der Waals surface area contributed by atoms with Crippen LogP contribution < -0.4 is 0 Å². The molecule has 0 unspecified atom stereocenters. The third kappa shape index (κ3) is 3.91. The molecular weight excluding hydrogens is 206 g/mol. The second kappa shape index (κ2) is 6.34. The molecule has 0 amide bonds. The van der Waals surface area contributed by atoms with Gasteiger partial charge in [-0.2, -0.15) is 0 Å². The number of pyridine rings is 1. The number of nitrogens with zero attached hydrogens (tertiary/aromatic N) is 2. The number of imidazole rings is 1. The Balaban J connectivity index is 0.000000165. The quantitative estimate of drug-likeness (QED) is 0.806. The lowest BCUT2D eigenvalue weighted by Gasteiger charge is -1.87. The topological polar surface area (TPSA) is 78.9 Å². The van der Waals surface area contributed by atoms with Crippen molar-refractivity contribution in [2.45, 2.75) is 13.3 Å². The zero-order valence-electron chi connectivity index (χ0n) is 8.92. The highest BCUT2D eigenvalue weighted by Gasteiger charge is 1.98. The van der Waals surface area contributed by atoms with Crippen LogP contribution in [0.25, 0.3) is 0 Å². The summed E-state index contributed by atoms with van der Waals surface area (Å²) >= 11 is 0. The van der Waals surface area contributed by atoms with Crippen LogP contribution in [0.5, 0.6) is 0 Å². The minimum absolute atomic E-state index is 0.0810. The smallest absolute Gasteiger partial charge is 0.354 e. The number of rotatable bonds is 2. The Morgan fingerprint density at radius 3 is 2.50 bits per heavy atom. The van der Waals surface area contributed by atoms with E-state index < -0.39 is 5.97 Å². The number of aromatic carboxylic acids is 1. The van der Waals surface area contributed by atoms with Gasteiger partial charge in [-0.3, -0.25) is 0 Å². The summed E-state index contributed by atoms with van der Waals surface area (Å²) in [5.74, 6) is 0.0654. The molecule has 16 heavy (non-hydrogen) atoms. The average molecular weight is 219 g/mol. The van der Waals surface area contributed by atoms with Crippen LogP contribution in [0, 0.1) is 0 Å². The van der Waals surface area contributed by atoms with Gasteiger partial charge in [0.25, 0.3) is 0 Å². The maximum atomic E-state index is 10.1. The molecule has 0 radical (unpaired) electrons. The fourth-order valence-electron chi connectivity index (χ4n) is 0.981. The van der Waals surface area contributed by atoms with Crippen LogP contribution in [-0.2, 0) is 6.42 Å². The molecule has 0 aliphatic heterocycles. The number of carboxylic acids is 1. The number of hydrogen-bond donors (Lipinski definition) is 2. The van der Waals surface area contributed by atoms with E-state index in [4.69, 9.17) is 5.11 Å². The van der Waals surface area contributed by atoms with Gasteiger partial charge in [0.1, 0.15) is 11.5 Å². The molecule has 0 aliphatic carbocycles. The maximum absolute atomic E-state index is 10.1. The molecular formula is C11H13N3O2. The molecule has 5 heteroatoms. The zero-order valence-corrected chi connectivity index (χ0v) is 8.92. The van der Waals surface area contributed by atoms with Crippen LogP contribution in [0.4, 0.5) is 0 Å². The monoisotopic (exact) mass is 219 g/mol. The normalized spacial score (nSPS) is 9.06. The van der Waals surface area contributed by atoms with Crippen molar-refractivity contribution in [3.05, 3.63) is 48.3 Å². The molecule has 2 N–H and O–H groups in total. The van der Waals surface area contributed by atoms with Crippen LogP contribution in [-0.4, -0.2) is 26.0 Å². The summed E-state index contributed by atoms with van der Waals surface area (Å²) in [4.78, 5) is 20.7. The Kier molecular flexibility index (Phi) is 4.72. The summed E-state index contributed by atoms with van der Waals surface area (Å²) in [6.07, 6.45) is 6.04. The van der Waals surface area contributed by atoms with Crippen LogP contribution in [0.3, 0.4) is 0 Å². The first-order valence-corrected chi connectivity index (χ1v) is 4.86. The van der Waals surface area contributed by atoms with Crippen molar-refractivity contribution in [3.8, 4) is 0 Å². The molecule has 0 fully saturated rings. The highest BCUT2D eigenvalue weighted by atomic mass is 16.4. The summed E-state index contributed by atoms with van der Waals surface area (Å²) in [6, 6.07) is 4.76. The van der Waals surface area contributed by atoms with Gasteiger partial charge in [-0.15, -0.1) is 0 Å². The minimum atomic E-state index is -0.990. The predicted octanol–water partition coefficient (Wildman–Crippen LogP) is 1.75. The van der Waals surface area contributed by atoms with E-state index >= 15 is 0 Å². The number of nitrogens with one attached hydrogen (secondary N) is 1. The highest BCUT2D eigenvalue weighted by molar-refractivity contribution is 5.85. The van der Waals surface area contributed by atoms with Crippen LogP contribution >= 0.6 is 0 Å². The van der Waals surface area contributed by atoms with Gasteiger partial charge >= 0.3 is 5.97 Å². The molecule has 84 valence electrons. The summed E-state index contributed by atoms with van der Waals surface area (Å²) in [5.41, 5.74) is 0.0810. The van der Waals surface area contributed by atoms with E-state index in [-0.39, 0.29) is 5.69 Å². The SMILES string of the molecule is CCc1ncc[nH]1.O=C(O)c1ccccn1. The van der Waals surface area contributed by atoms with Gasteiger partial charge in [0, 0.05) is 25.0 Å². The third-order valence-corrected chi connectivity index (χ3v) is 1.77. The average Bonchev–Trinajstić information content (AvgIpc) is 2.84. The van der Waals surface area contributed by atoms with E-state index in [2.05, 4.69) is 21.9 Å². The van der Waals surface area contributed by atoms with Crippen molar-refractivity contribution in [1.82, 2.24) is 15.0 Å². The summed E-state index contributed by atoms with van der Waals surface area (Å²) in [7, 11) is 0. The molecule has 0 saturated carbocycles. The van der Waals surface area contributed by atoms with E-state index in [0.29, 0.717) is 0 Å². The second-order valence-corrected chi connectivity index (χ2v) is 2.91. The number of aromatic nitrogens is 3. The third-order valence-electron chi connectivity index (χ3n) is 1.77. The van der Waals surface area contributed by atoms with Gasteiger partial charge in [0.05, 0.1) is 0 Å². The molecule has 2 aromatic rings. The predicted molar refractivity (Wildman–Crippen MR) is 59.2 cm³/mol. The van der Waals surface area contributed by atoms with Crippen molar-refractivity contribution < 1.29 is 9.90 Å². The van der Waals surface area contributed by atoms with Gasteiger partial charge in [0.2, 0.25) is 0 Å². The van der Waals surface area contributed by atoms with Crippen LogP contribution in [0.2, 0.25) is 0 Å². The number of aryl methyl sites for hydroxylation is 1. The van der Waals surface area contributed by atoms with Crippen molar-refractivity contribution in [3.63, 3.8) is 0 Å². The summed E-state index contributed by atoms with van der Waals surface area (Å²) < 4.78 is 0. The first-order chi connectivity index (χ1) is 7.74. The Bertz CT molecular complexity index is 412. The summed E-state index contributed by atoms with van der Waals surface area (Å²) in [5, 5.41) is 8.32. The standard InChI is InChI=1S/C6H5NO2.C5H8N2/c8-6(9)5-3-1-2-4-7-5;1-2-5-6-3-4-7-5/h1-4H,(H,8,9);3-4H,2H2,1H3,(H,6,7). The first-order valence-electron chi connectivity index (χ1n) is 4.86. The van der Waals surface area contributed by atoms with E-state index in [1.807, 2.05) is 6.20 Å². The number of carboxylic acid groups (broad SMARTS) is 1. The van der Waals surface area contributed by atoms with Crippen LogP contribution in [0.15, 0.2) is 36.8 Å². The Morgan fingerprint density at radius 2 is 2.19 bits per heavy atom. The van der Waals surface area contributed by atoms with E-state index in [1.54, 1.807) is 18.3 Å². The number of carbonyl (C=O) groups is 1. The number of aromatic amines is 1. The second-order valence-electron chi connectivity index (χ2n) is 2.91. The fourth-order valence-corrected chi connectivity index (χ4v) is 0.981. The lowest BCUT2D eigenvalue weighted by molar-refractivity contribution is 0.0690. The molecule has 0 saturated heterocycles. The molecule has 0 aromatic carbocycles. The summed E-state index contributed by atoms with van der Waals surface area (Å²) in [6.45, 7) is 2.07.